The molecule has 0 radical (unpaired) electrons. The molecular weight excluding hydrogens is 671 g/mol. The Morgan fingerprint density at radius 2 is 1.15 bits per heavy atom. The first-order valence-corrected chi connectivity index (χ1v) is 18.8. The molecule has 4 heteroatoms. The molecule has 55 heavy (non-hydrogen) atoms. The molecule has 2 aromatic heterocycles. The van der Waals surface area contributed by atoms with Gasteiger partial charge in [-0.1, -0.05) is 170 Å². The molecule has 11 rings (SSSR count). The number of hydrogen-bond donors (Lipinski definition) is 0. The minimum absolute atomic E-state index is 0.00655. The standard InChI is InChI=1S/C51H33N3O/c1-2-12-32(13-3-1)34-24-27-35(28-25-34)49-52-50(38-29-26-33-14-4-5-15-36(33)30-38)54-51(53-49)44-22-11-23-46-47(44)43-21-10-20-42(48(43)55-46)45-31-37-16-6-7-17-39(37)40-18-8-9-19-41(40)45/h1-29,31,38H,30H2. The summed E-state index contributed by atoms with van der Waals surface area (Å²) >= 11 is 0. The summed E-state index contributed by atoms with van der Waals surface area (Å²) in [4.78, 5) is 15.7. The molecule has 0 spiro atoms. The van der Waals surface area contributed by atoms with Gasteiger partial charge in [0.05, 0.1) is 0 Å². The maximum Gasteiger partial charge on any atom is 0.164 e. The van der Waals surface area contributed by atoms with Crippen LogP contribution in [0.2, 0.25) is 0 Å². The zero-order chi connectivity index (χ0) is 36.3. The second-order valence-electron chi connectivity index (χ2n) is 14.3. The first-order valence-electron chi connectivity index (χ1n) is 18.8. The van der Waals surface area contributed by atoms with E-state index in [1.54, 1.807) is 0 Å². The number of hydrogen-bond acceptors (Lipinski definition) is 4. The molecule has 8 aromatic carbocycles. The second kappa shape index (κ2) is 12.8. The number of fused-ring (bicyclic) bond motifs is 7. The van der Waals surface area contributed by atoms with Crippen LogP contribution in [0.5, 0.6) is 0 Å². The number of benzene rings is 8. The van der Waals surface area contributed by atoms with Crippen molar-refractivity contribution in [3.8, 4) is 45.0 Å². The third-order valence-corrected chi connectivity index (χ3v) is 11.1. The van der Waals surface area contributed by atoms with E-state index in [9.17, 15) is 0 Å². The lowest BCUT2D eigenvalue weighted by Gasteiger charge is -2.19. The fourth-order valence-corrected chi connectivity index (χ4v) is 8.36. The Kier molecular flexibility index (Phi) is 7.27. The second-order valence-corrected chi connectivity index (χ2v) is 14.3. The van der Waals surface area contributed by atoms with Crippen molar-refractivity contribution in [2.75, 3.05) is 0 Å². The van der Waals surface area contributed by atoms with Gasteiger partial charge in [0.1, 0.15) is 17.0 Å². The van der Waals surface area contributed by atoms with Gasteiger partial charge in [-0.2, -0.15) is 0 Å². The molecule has 0 saturated carbocycles. The van der Waals surface area contributed by atoms with Crippen LogP contribution >= 0.6 is 0 Å². The van der Waals surface area contributed by atoms with Gasteiger partial charge in [-0.15, -0.1) is 0 Å². The van der Waals surface area contributed by atoms with Crippen LogP contribution in [0.25, 0.3) is 94.6 Å². The lowest BCUT2D eigenvalue weighted by Crippen LogP contribution is -2.12. The van der Waals surface area contributed by atoms with Crippen molar-refractivity contribution >= 4 is 49.6 Å². The van der Waals surface area contributed by atoms with E-state index in [2.05, 4.69) is 164 Å². The molecule has 0 saturated heterocycles. The predicted octanol–water partition coefficient (Wildman–Crippen LogP) is 13.1. The van der Waals surface area contributed by atoms with Crippen molar-refractivity contribution in [1.82, 2.24) is 15.0 Å². The molecule has 1 aliphatic carbocycles. The van der Waals surface area contributed by atoms with Crippen LogP contribution in [0, 0.1) is 0 Å². The molecular formula is C51H33N3O. The highest BCUT2D eigenvalue weighted by Crippen LogP contribution is 2.43. The van der Waals surface area contributed by atoms with Gasteiger partial charge in [-0.05, 0) is 67.9 Å². The molecule has 0 bridgehead atoms. The fourth-order valence-electron chi connectivity index (χ4n) is 8.36. The number of furan rings is 1. The third-order valence-electron chi connectivity index (χ3n) is 11.1. The fraction of sp³-hybridized carbons (Fsp3) is 0.0392. The van der Waals surface area contributed by atoms with E-state index in [0.29, 0.717) is 11.6 Å². The lowest BCUT2D eigenvalue weighted by atomic mass is 9.89. The van der Waals surface area contributed by atoms with Gasteiger partial charge in [-0.25, -0.2) is 15.0 Å². The van der Waals surface area contributed by atoms with E-state index in [1.165, 1.54) is 38.2 Å². The van der Waals surface area contributed by atoms with Gasteiger partial charge in [-0.3, -0.25) is 0 Å². The molecule has 0 amide bonds. The third kappa shape index (κ3) is 5.33. The average Bonchev–Trinajstić information content (AvgIpc) is 3.66. The van der Waals surface area contributed by atoms with Crippen LogP contribution in [-0.2, 0) is 6.42 Å². The van der Waals surface area contributed by atoms with Crippen LogP contribution in [0.3, 0.4) is 0 Å². The SMILES string of the molecule is C1=CC(c2nc(-c3ccc(-c4ccccc4)cc3)nc(-c3cccc4oc5c(-c6cc7ccccc7c7ccccc67)cccc5c34)n2)Cc2ccccc21. The zero-order valence-electron chi connectivity index (χ0n) is 29.9. The summed E-state index contributed by atoms with van der Waals surface area (Å²) in [5, 5.41) is 6.89. The minimum atomic E-state index is 0.00655. The number of allylic oxidation sites excluding steroid dienone is 1. The van der Waals surface area contributed by atoms with Gasteiger partial charge in [0.2, 0.25) is 0 Å². The van der Waals surface area contributed by atoms with Gasteiger partial charge in [0.25, 0.3) is 0 Å². The van der Waals surface area contributed by atoms with Crippen LogP contribution in [0.1, 0.15) is 22.9 Å². The first kappa shape index (κ1) is 31.4. The minimum Gasteiger partial charge on any atom is -0.455 e. The molecule has 0 aliphatic heterocycles. The molecule has 10 aromatic rings. The topological polar surface area (TPSA) is 51.8 Å². The number of nitrogens with zero attached hydrogens (tertiary/aromatic N) is 3. The monoisotopic (exact) mass is 703 g/mol. The van der Waals surface area contributed by atoms with Gasteiger partial charge < -0.3 is 4.42 Å². The van der Waals surface area contributed by atoms with E-state index in [1.807, 2.05) is 18.2 Å². The van der Waals surface area contributed by atoms with Crippen molar-refractivity contribution < 1.29 is 4.42 Å². The van der Waals surface area contributed by atoms with E-state index in [4.69, 9.17) is 19.4 Å². The summed E-state index contributed by atoms with van der Waals surface area (Å²) in [7, 11) is 0. The smallest absolute Gasteiger partial charge is 0.164 e. The largest absolute Gasteiger partial charge is 0.455 e. The van der Waals surface area contributed by atoms with Crippen LogP contribution in [0.15, 0.2) is 180 Å². The van der Waals surface area contributed by atoms with E-state index in [-0.39, 0.29) is 5.92 Å². The zero-order valence-corrected chi connectivity index (χ0v) is 29.9. The van der Waals surface area contributed by atoms with Crippen molar-refractivity contribution in [2.24, 2.45) is 0 Å². The quantitative estimate of drug-likeness (QED) is 0.167. The van der Waals surface area contributed by atoms with Crippen molar-refractivity contribution in [3.63, 3.8) is 0 Å². The van der Waals surface area contributed by atoms with Crippen molar-refractivity contribution in [1.29, 1.82) is 0 Å². The predicted molar refractivity (Wildman–Crippen MR) is 226 cm³/mol. The molecule has 1 aliphatic rings. The van der Waals surface area contributed by atoms with Crippen LogP contribution in [-0.4, -0.2) is 15.0 Å². The molecule has 0 N–H and O–H groups in total. The van der Waals surface area contributed by atoms with Gasteiger partial charge in [0.15, 0.2) is 11.6 Å². The number of rotatable bonds is 5. The Hall–Kier alpha value is -7.17. The summed E-state index contributed by atoms with van der Waals surface area (Å²) in [6.45, 7) is 0. The average molecular weight is 704 g/mol. The van der Waals surface area contributed by atoms with Gasteiger partial charge in [0, 0.05) is 33.4 Å². The van der Waals surface area contributed by atoms with E-state index >= 15 is 0 Å². The Labute approximate surface area is 318 Å². The highest BCUT2D eigenvalue weighted by Gasteiger charge is 2.24. The molecule has 1 unspecified atom stereocenters. The first-order chi connectivity index (χ1) is 27.2. The van der Waals surface area contributed by atoms with Gasteiger partial charge >= 0.3 is 0 Å². The lowest BCUT2D eigenvalue weighted by molar-refractivity contribution is 0.670. The Bertz CT molecular complexity index is 3120. The Morgan fingerprint density at radius 1 is 0.473 bits per heavy atom. The number of aromatic nitrogens is 3. The summed E-state index contributed by atoms with van der Waals surface area (Å²) in [5.41, 5.74) is 10.6. The summed E-state index contributed by atoms with van der Waals surface area (Å²) in [6, 6.07) is 59.7. The molecule has 258 valence electrons. The normalized spacial score (nSPS) is 13.9. The molecule has 0 fully saturated rings. The Balaban J connectivity index is 1.10. The maximum atomic E-state index is 6.83. The van der Waals surface area contributed by atoms with Crippen molar-refractivity contribution in [2.45, 2.75) is 12.3 Å². The van der Waals surface area contributed by atoms with Crippen LogP contribution < -0.4 is 0 Å². The summed E-state index contributed by atoms with van der Waals surface area (Å²) < 4.78 is 6.83. The van der Waals surface area contributed by atoms with Crippen LogP contribution in [0.4, 0.5) is 0 Å². The number of para-hydroxylation sites is 1. The molecule has 1 atom stereocenters. The van der Waals surface area contributed by atoms with E-state index < -0.39 is 0 Å². The Morgan fingerprint density at radius 3 is 2.04 bits per heavy atom. The molecule has 2 heterocycles. The van der Waals surface area contributed by atoms with E-state index in [0.717, 1.165) is 62.0 Å². The van der Waals surface area contributed by atoms with Crippen molar-refractivity contribution in [3.05, 3.63) is 193 Å². The highest BCUT2D eigenvalue weighted by molar-refractivity contribution is 6.19. The molecule has 4 nitrogen and oxygen atoms in total. The summed E-state index contributed by atoms with van der Waals surface area (Å²) in [6.07, 6.45) is 5.26. The maximum absolute atomic E-state index is 6.83. The summed E-state index contributed by atoms with van der Waals surface area (Å²) in [5.74, 6) is 2.05. The highest BCUT2D eigenvalue weighted by atomic mass is 16.3.